The van der Waals surface area contributed by atoms with Crippen molar-refractivity contribution >= 4 is 47.0 Å². The predicted molar refractivity (Wildman–Crippen MR) is 132 cm³/mol. The number of benzene rings is 3. The minimum atomic E-state index is -0.986. The number of hydrogen-bond donors (Lipinski definition) is 1. The van der Waals surface area contributed by atoms with E-state index < -0.39 is 10.9 Å². The number of aromatic carboxylic acids is 1. The molecule has 3 aromatic carbocycles. The number of rotatable bonds is 7. The highest BCUT2D eigenvalue weighted by Gasteiger charge is 2.12. The van der Waals surface area contributed by atoms with Crippen molar-refractivity contribution in [2.24, 2.45) is 0 Å². The average Bonchev–Trinajstić information content (AvgIpc) is 3.20. The molecule has 0 spiro atoms. The van der Waals surface area contributed by atoms with E-state index in [1.807, 2.05) is 16.8 Å². The number of hydrogen-bond acceptors (Lipinski definition) is 4. The van der Waals surface area contributed by atoms with Crippen LogP contribution >= 0.6 is 23.2 Å². The number of nitrogens with zero attached hydrogens (tertiary/aromatic N) is 3. The molecule has 4 rings (SSSR count). The average molecular weight is 494 g/mol. The van der Waals surface area contributed by atoms with Crippen LogP contribution in [0, 0.1) is 10.1 Å². The van der Waals surface area contributed by atoms with Gasteiger partial charge in [0.25, 0.3) is 5.69 Å². The standard InChI is InChI=1S/C25H17Cl2N3O4/c26-19-8-11-21(22(27)13-19)23-15-29(14-17-1-6-18(7-2-17)25(31)32)24(28-23)12-5-16-3-9-20(10-4-16)30(33)34/h1-13,15H,14H2,(H,31,32). The summed E-state index contributed by atoms with van der Waals surface area (Å²) in [5.41, 5.74) is 3.26. The van der Waals surface area contributed by atoms with Crippen LogP contribution in [0.3, 0.4) is 0 Å². The minimum absolute atomic E-state index is 0.0168. The van der Waals surface area contributed by atoms with E-state index in [2.05, 4.69) is 0 Å². The zero-order valence-corrected chi connectivity index (χ0v) is 19.1. The Morgan fingerprint density at radius 1 is 1.03 bits per heavy atom. The zero-order valence-electron chi connectivity index (χ0n) is 17.6. The summed E-state index contributed by atoms with van der Waals surface area (Å²) >= 11 is 12.4. The number of nitro groups is 1. The van der Waals surface area contributed by atoms with Crippen molar-refractivity contribution in [2.45, 2.75) is 6.54 Å². The van der Waals surface area contributed by atoms with E-state index in [4.69, 9.17) is 33.3 Å². The second kappa shape index (κ2) is 9.91. The number of carbonyl (C=O) groups is 1. The quantitative estimate of drug-likeness (QED) is 0.228. The fourth-order valence-electron chi connectivity index (χ4n) is 3.34. The summed E-state index contributed by atoms with van der Waals surface area (Å²) in [6.45, 7) is 0.443. The molecule has 0 fully saturated rings. The molecule has 7 nitrogen and oxygen atoms in total. The van der Waals surface area contributed by atoms with Gasteiger partial charge in [0, 0.05) is 35.5 Å². The Morgan fingerprint density at radius 3 is 2.35 bits per heavy atom. The third kappa shape index (κ3) is 5.33. The first-order valence-corrected chi connectivity index (χ1v) is 10.8. The van der Waals surface area contributed by atoms with E-state index >= 15 is 0 Å². The summed E-state index contributed by atoms with van der Waals surface area (Å²) in [5.74, 6) is -0.359. The molecule has 0 aliphatic carbocycles. The summed E-state index contributed by atoms with van der Waals surface area (Å²) in [7, 11) is 0. The van der Waals surface area contributed by atoms with Crippen molar-refractivity contribution in [2.75, 3.05) is 0 Å². The largest absolute Gasteiger partial charge is 0.478 e. The molecule has 0 aliphatic rings. The fourth-order valence-corrected chi connectivity index (χ4v) is 3.85. The lowest BCUT2D eigenvalue weighted by molar-refractivity contribution is -0.384. The lowest BCUT2D eigenvalue weighted by Gasteiger charge is -2.06. The highest BCUT2D eigenvalue weighted by atomic mass is 35.5. The van der Waals surface area contributed by atoms with Gasteiger partial charge in [0.05, 0.1) is 21.2 Å². The van der Waals surface area contributed by atoms with Gasteiger partial charge in [-0.2, -0.15) is 0 Å². The molecule has 0 radical (unpaired) electrons. The Labute approximate surface area is 204 Å². The molecule has 1 N–H and O–H groups in total. The Morgan fingerprint density at radius 2 is 1.74 bits per heavy atom. The van der Waals surface area contributed by atoms with Crippen LogP contribution in [0.25, 0.3) is 23.4 Å². The molecule has 170 valence electrons. The molecule has 0 amide bonds. The molecule has 9 heteroatoms. The van der Waals surface area contributed by atoms with Gasteiger partial charge < -0.3 is 9.67 Å². The molecule has 0 atom stereocenters. The Kier molecular flexibility index (Phi) is 6.77. The Balaban J connectivity index is 1.69. The molecule has 0 aliphatic heterocycles. The van der Waals surface area contributed by atoms with Gasteiger partial charge in [-0.05, 0) is 59.7 Å². The van der Waals surface area contributed by atoms with Crippen molar-refractivity contribution < 1.29 is 14.8 Å². The third-order valence-corrected chi connectivity index (χ3v) is 5.64. The summed E-state index contributed by atoms with van der Waals surface area (Å²) in [6.07, 6.45) is 5.47. The van der Waals surface area contributed by atoms with E-state index in [0.717, 1.165) is 16.7 Å². The maximum absolute atomic E-state index is 11.1. The van der Waals surface area contributed by atoms with Crippen LogP contribution in [0.4, 0.5) is 5.69 Å². The summed E-state index contributed by atoms with van der Waals surface area (Å²) in [6, 6.07) is 18.0. The topological polar surface area (TPSA) is 98.3 Å². The van der Waals surface area contributed by atoms with Crippen molar-refractivity contribution in [1.29, 1.82) is 0 Å². The molecule has 0 saturated carbocycles. The molecule has 1 aromatic heterocycles. The van der Waals surface area contributed by atoms with Gasteiger partial charge in [-0.1, -0.05) is 41.4 Å². The lowest BCUT2D eigenvalue weighted by atomic mass is 10.1. The van der Waals surface area contributed by atoms with Gasteiger partial charge in [0.2, 0.25) is 0 Å². The van der Waals surface area contributed by atoms with E-state index in [-0.39, 0.29) is 11.3 Å². The van der Waals surface area contributed by atoms with Gasteiger partial charge in [-0.15, -0.1) is 0 Å². The molecule has 1 heterocycles. The van der Waals surface area contributed by atoms with Crippen LogP contribution in [0.1, 0.15) is 27.3 Å². The van der Waals surface area contributed by atoms with Gasteiger partial charge in [0.15, 0.2) is 0 Å². The van der Waals surface area contributed by atoms with Gasteiger partial charge in [0.1, 0.15) is 5.82 Å². The van der Waals surface area contributed by atoms with Gasteiger partial charge in [-0.3, -0.25) is 10.1 Å². The van der Waals surface area contributed by atoms with E-state index in [1.54, 1.807) is 60.7 Å². The van der Waals surface area contributed by atoms with Crippen LogP contribution in [-0.4, -0.2) is 25.6 Å². The van der Waals surface area contributed by atoms with Crippen molar-refractivity contribution in [1.82, 2.24) is 9.55 Å². The van der Waals surface area contributed by atoms with Gasteiger partial charge >= 0.3 is 5.97 Å². The first-order valence-electron chi connectivity index (χ1n) is 10.1. The molecule has 0 unspecified atom stereocenters. The highest BCUT2D eigenvalue weighted by molar-refractivity contribution is 6.36. The molecular weight excluding hydrogens is 477 g/mol. The molecule has 4 aromatic rings. The number of nitro benzene ring substituents is 1. The van der Waals surface area contributed by atoms with Crippen LogP contribution in [-0.2, 0) is 6.54 Å². The van der Waals surface area contributed by atoms with E-state index in [0.29, 0.717) is 28.1 Å². The Bertz CT molecular complexity index is 1390. The maximum Gasteiger partial charge on any atom is 0.335 e. The molecule has 0 saturated heterocycles. The monoisotopic (exact) mass is 493 g/mol. The normalized spacial score (nSPS) is 11.1. The van der Waals surface area contributed by atoms with Crippen LogP contribution in [0.15, 0.2) is 72.9 Å². The summed E-state index contributed by atoms with van der Waals surface area (Å²) in [5, 5.41) is 21.0. The first kappa shape index (κ1) is 23.2. The molecule has 0 bridgehead atoms. The second-order valence-corrected chi connectivity index (χ2v) is 8.26. The SMILES string of the molecule is O=C(O)c1ccc(Cn2cc(-c3ccc(Cl)cc3Cl)nc2C=Cc2ccc([N+](=O)[O-])cc2)cc1. The number of aromatic nitrogens is 2. The smallest absolute Gasteiger partial charge is 0.335 e. The van der Waals surface area contributed by atoms with Crippen LogP contribution < -0.4 is 0 Å². The highest BCUT2D eigenvalue weighted by Crippen LogP contribution is 2.30. The van der Waals surface area contributed by atoms with E-state index in [9.17, 15) is 14.9 Å². The van der Waals surface area contributed by atoms with Crippen LogP contribution in [0.5, 0.6) is 0 Å². The summed E-state index contributed by atoms with van der Waals surface area (Å²) < 4.78 is 1.91. The fraction of sp³-hybridized carbons (Fsp3) is 0.0400. The molecule has 34 heavy (non-hydrogen) atoms. The van der Waals surface area contributed by atoms with Crippen molar-refractivity contribution in [3.05, 3.63) is 116 Å². The third-order valence-electron chi connectivity index (χ3n) is 5.10. The number of halogens is 2. The van der Waals surface area contributed by atoms with Crippen molar-refractivity contribution in [3.63, 3.8) is 0 Å². The first-order chi connectivity index (χ1) is 16.3. The molecular formula is C25H17Cl2N3O4. The van der Waals surface area contributed by atoms with E-state index in [1.165, 1.54) is 12.1 Å². The zero-order chi connectivity index (χ0) is 24.2. The summed E-state index contributed by atoms with van der Waals surface area (Å²) in [4.78, 5) is 26.3. The predicted octanol–water partition coefficient (Wildman–Crippen LogP) is 6.68. The van der Waals surface area contributed by atoms with Gasteiger partial charge in [-0.25, -0.2) is 9.78 Å². The maximum atomic E-state index is 11.1. The minimum Gasteiger partial charge on any atom is -0.478 e. The number of imidazole rings is 1. The number of carboxylic acid groups (broad SMARTS) is 1. The number of carboxylic acids is 1. The van der Waals surface area contributed by atoms with Crippen molar-refractivity contribution in [3.8, 4) is 11.3 Å². The number of non-ortho nitro benzene ring substituents is 1. The second-order valence-electron chi connectivity index (χ2n) is 7.42. The van der Waals surface area contributed by atoms with Crippen LogP contribution in [0.2, 0.25) is 10.0 Å². The lowest BCUT2D eigenvalue weighted by Crippen LogP contribution is -2.02. The Hall–Kier alpha value is -3.94.